The Morgan fingerprint density at radius 3 is 1.43 bits per heavy atom. The van der Waals surface area contributed by atoms with Crippen LogP contribution in [0.2, 0.25) is 0 Å². The minimum absolute atomic E-state index is 0.956. The van der Waals surface area contributed by atoms with Crippen LogP contribution in [0, 0.1) is 33.6 Å². The van der Waals surface area contributed by atoms with Crippen LogP contribution in [-0.4, -0.2) is 38.4 Å². The third-order valence-electron chi connectivity index (χ3n) is 9.20. The predicted molar refractivity (Wildman–Crippen MR) is 202 cm³/mol. The Morgan fingerprint density at radius 2 is 1.04 bits per heavy atom. The van der Waals surface area contributed by atoms with Crippen molar-refractivity contribution in [1.29, 1.82) is 0 Å². The predicted octanol–water partition coefficient (Wildman–Crippen LogP) is 7.56. The molecule has 2 aromatic carbocycles. The van der Waals surface area contributed by atoms with Crippen molar-refractivity contribution in [2.24, 2.45) is 0 Å². The molecule has 0 aliphatic heterocycles. The summed E-state index contributed by atoms with van der Waals surface area (Å²) in [5.74, 6) is 0. The molecule has 0 amide bonds. The van der Waals surface area contributed by atoms with E-state index in [1.807, 2.05) is 74.8 Å². The zero-order valence-electron chi connectivity index (χ0n) is 30.4. The number of benzene rings is 2. The van der Waals surface area contributed by atoms with Crippen molar-refractivity contribution in [2.45, 2.75) is 78.3 Å². The van der Waals surface area contributed by atoms with Gasteiger partial charge in [-0.05, 0) is 0 Å². The zero-order chi connectivity index (χ0) is 37.3. The van der Waals surface area contributed by atoms with Gasteiger partial charge in [-0.3, -0.25) is 0 Å². The molecule has 0 radical (unpaired) electrons. The summed E-state index contributed by atoms with van der Waals surface area (Å²) in [5, 5.41) is 16.5. The van der Waals surface area contributed by atoms with Crippen molar-refractivity contribution in [3.8, 4) is 11.4 Å². The van der Waals surface area contributed by atoms with E-state index in [0.29, 0.717) is 0 Å². The Labute approximate surface area is 337 Å². The summed E-state index contributed by atoms with van der Waals surface area (Å²) in [5.41, 5.74) is 10.6. The topological polar surface area (TPSA) is 99.5 Å². The molecule has 0 aliphatic rings. The van der Waals surface area contributed by atoms with Gasteiger partial charge in [-0.2, -0.15) is 0 Å². The van der Waals surface area contributed by atoms with Gasteiger partial charge in [0.25, 0.3) is 0 Å². The fourth-order valence-electron chi connectivity index (χ4n) is 6.63. The second-order valence-electron chi connectivity index (χ2n) is 13.2. The van der Waals surface area contributed by atoms with E-state index in [0.717, 1.165) is 129 Å². The second kappa shape index (κ2) is 18.2. The molecule has 12 heteroatoms. The van der Waals surface area contributed by atoms with E-state index in [-0.39, 0.29) is 0 Å². The van der Waals surface area contributed by atoms with Crippen molar-refractivity contribution in [3.05, 3.63) is 140 Å². The first-order valence-corrected chi connectivity index (χ1v) is 20.6. The Hall–Kier alpha value is -4.52. The molecule has 10 nitrogen and oxygen atoms in total. The molecule has 6 heterocycles. The fraction of sp³-hybridized carbons (Fsp3) is 0.286. The van der Waals surface area contributed by atoms with Crippen LogP contribution in [0.25, 0.3) is 33.7 Å². The number of nitrogens with zero attached hydrogens (tertiary/aromatic N) is 10. The molecule has 0 fully saturated rings. The molecule has 0 spiro atoms. The molecule has 0 unspecified atom stereocenters. The first-order valence-electron chi connectivity index (χ1n) is 18.4. The molecule has 284 valence electrons. The Kier molecular flexibility index (Phi) is 12.7. The molecular formula is C42H42N10Pt2-4. The van der Waals surface area contributed by atoms with Crippen LogP contribution in [0.15, 0.2) is 97.3 Å². The van der Waals surface area contributed by atoms with Crippen LogP contribution in [-0.2, 0) is 64.6 Å². The van der Waals surface area contributed by atoms with Crippen molar-refractivity contribution < 1.29 is 38.7 Å². The third-order valence-corrected chi connectivity index (χ3v) is 11.4. The maximum absolute atomic E-state index is 4.64. The van der Waals surface area contributed by atoms with E-state index < -0.39 is 0 Å². The summed E-state index contributed by atoms with van der Waals surface area (Å²) in [6.45, 7) is 5.89. The third kappa shape index (κ3) is 8.88. The van der Waals surface area contributed by atoms with Crippen LogP contribution in [0.1, 0.15) is 61.3 Å². The Balaban J connectivity index is 0.000000167. The quantitative estimate of drug-likeness (QED) is 0.0825. The SMILES string of the molecule is Cc1cc(CCCCCn2[c](=[Pt])n(-c3[c-]cccc3)c3cccnc32)n[n-]1.Cc1cc(CCCCCn2[c](=[Pt])n(-c3[c-]cccc3)c3cccnc32)n[n-]1. The van der Waals surface area contributed by atoms with Crippen LogP contribution < -0.4 is 10.2 Å². The average Bonchev–Trinajstić information content (AvgIpc) is 3.95. The van der Waals surface area contributed by atoms with E-state index >= 15 is 0 Å². The molecule has 8 rings (SSSR count). The summed E-state index contributed by atoms with van der Waals surface area (Å²) in [4.78, 5) is 9.29. The fourth-order valence-corrected chi connectivity index (χ4v) is 8.72. The summed E-state index contributed by atoms with van der Waals surface area (Å²) < 4.78 is 11.4. The molecule has 0 atom stereocenters. The van der Waals surface area contributed by atoms with Gasteiger partial charge in [0, 0.05) is 0 Å². The molecule has 0 bridgehead atoms. The number of rotatable bonds is 14. The van der Waals surface area contributed by atoms with Crippen LogP contribution in [0.3, 0.4) is 0 Å². The number of aromatic nitrogens is 10. The summed E-state index contributed by atoms with van der Waals surface area (Å²) in [6, 6.07) is 35.2. The molecule has 8 aromatic rings. The van der Waals surface area contributed by atoms with Crippen molar-refractivity contribution >= 4 is 22.3 Å². The van der Waals surface area contributed by atoms with Gasteiger partial charge in [0.05, 0.1) is 0 Å². The minimum atomic E-state index is 0.956. The number of hydrogen-bond donors (Lipinski definition) is 0. The van der Waals surface area contributed by atoms with E-state index in [1.54, 1.807) is 0 Å². The number of pyridine rings is 2. The second-order valence-corrected chi connectivity index (χ2v) is 15.3. The molecule has 6 aromatic heterocycles. The van der Waals surface area contributed by atoms with Crippen molar-refractivity contribution in [3.63, 3.8) is 0 Å². The van der Waals surface area contributed by atoms with Gasteiger partial charge in [-0.15, -0.1) is 0 Å². The van der Waals surface area contributed by atoms with Crippen LogP contribution >= 0.6 is 0 Å². The average molecular weight is 1080 g/mol. The summed E-state index contributed by atoms with van der Waals surface area (Å²) >= 11 is 4.80. The van der Waals surface area contributed by atoms with E-state index in [2.05, 4.69) is 136 Å². The van der Waals surface area contributed by atoms with Gasteiger partial charge in [0.2, 0.25) is 0 Å². The number of aryl methyl sites for hydroxylation is 6. The Bertz CT molecular complexity index is 2360. The first-order chi connectivity index (χ1) is 26.5. The number of unbranched alkanes of at least 4 members (excludes halogenated alkanes) is 4. The van der Waals surface area contributed by atoms with Crippen molar-refractivity contribution in [1.82, 2.24) is 48.6 Å². The zero-order valence-corrected chi connectivity index (χ0v) is 35.0. The molecule has 0 N–H and O–H groups in total. The van der Waals surface area contributed by atoms with Crippen molar-refractivity contribution in [2.75, 3.05) is 0 Å². The van der Waals surface area contributed by atoms with Crippen LogP contribution in [0.4, 0.5) is 0 Å². The van der Waals surface area contributed by atoms with E-state index in [4.69, 9.17) is 0 Å². The van der Waals surface area contributed by atoms with Gasteiger partial charge in [-0.25, -0.2) is 0 Å². The molecular weight excluding hydrogens is 1030 g/mol. The standard InChI is InChI=1S/2C21H21N5.2Pt/c2*1-17-15-18(24-23-17)9-4-3-7-14-25-16-26(19-10-5-2-6-11-19)20-12-8-13-22-21(20)25;;/h2*2,5-6,8,10,12-13,15H,3-4,7,9,14H2,1H3;;/q2*-2;;. The number of para-hydroxylation sites is 2. The van der Waals surface area contributed by atoms with E-state index in [9.17, 15) is 0 Å². The first kappa shape index (κ1) is 37.8. The number of imidazole rings is 2. The summed E-state index contributed by atoms with van der Waals surface area (Å²) in [6.07, 6.45) is 12.5. The summed E-state index contributed by atoms with van der Waals surface area (Å²) in [7, 11) is 0. The Morgan fingerprint density at radius 1 is 0.574 bits per heavy atom. The van der Waals surface area contributed by atoms with Gasteiger partial charge >= 0.3 is 339 Å². The maximum atomic E-state index is 4.64. The monoisotopic (exact) mass is 1080 g/mol. The van der Waals surface area contributed by atoms with Crippen LogP contribution in [0.5, 0.6) is 0 Å². The number of fused-ring (bicyclic) bond motifs is 2. The van der Waals surface area contributed by atoms with Gasteiger partial charge < -0.3 is 0 Å². The molecule has 54 heavy (non-hydrogen) atoms. The van der Waals surface area contributed by atoms with Gasteiger partial charge in [0.15, 0.2) is 0 Å². The van der Waals surface area contributed by atoms with Gasteiger partial charge in [0.1, 0.15) is 0 Å². The number of hydrogen-bond acceptors (Lipinski definition) is 4. The molecule has 0 saturated carbocycles. The van der Waals surface area contributed by atoms with Gasteiger partial charge in [-0.1, -0.05) is 0 Å². The molecule has 0 saturated heterocycles. The normalized spacial score (nSPS) is 11.4. The molecule has 0 aliphatic carbocycles. The van der Waals surface area contributed by atoms with E-state index in [1.165, 1.54) is 0 Å².